The first-order chi connectivity index (χ1) is 10.8. The zero-order valence-electron chi connectivity index (χ0n) is 12.9. The Labute approximate surface area is 130 Å². The fourth-order valence-electron chi connectivity index (χ4n) is 3.10. The Morgan fingerprint density at radius 2 is 2.05 bits per heavy atom. The summed E-state index contributed by atoms with van der Waals surface area (Å²) in [5, 5.41) is 7.18. The van der Waals surface area contributed by atoms with Crippen LogP contribution in [0.25, 0.3) is 0 Å². The zero-order chi connectivity index (χ0) is 15.4. The van der Waals surface area contributed by atoms with Crippen LogP contribution < -0.4 is 10.1 Å². The number of benzene rings is 1. The number of nitrogens with one attached hydrogen (secondary N) is 1. The highest BCUT2D eigenvalue weighted by Crippen LogP contribution is 2.25. The van der Waals surface area contributed by atoms with Gasteiger partial charge in [-0.3, -0.25) is 4.79 Å². The van der Waals surface area contributed by atoms with Gasteiger partial charge in [-0.1, -0.05) is 36.6 Å². The molecule has 1 aromatic rings. The van der Waals surface area contributed by atoms with Crippen molar-refractivity contribution in [2.45, 2.75) is 50.7 Å². The largest absolute Gasteiger partial charge is 0.496 e. The van der Waals surface area contributed by atoms with Crippen LogP contribution in [0.1, 0.15) is 44.1 Å². The van der Waals surface area contributed by atoms with Gasteiger partial charge in [-0.15, -0.1) is 0 Å². The highest BCUT2D eigenvalue weighted by atomic mass is 16.6. The Bertz CT molecular complexity index is 565. The zero-order valence-corrected chi connectivity index (χ0v) is 12.9. The second-order valence-electron chi connectivity index (χ2n) is 5.88. The quantitative estimate of drug-likeness (QED) is 0.930. The van der Waals surface area contributed by atoms with Crippen molar-refractivity contribution in [3.63, 3.8) is 0 Å². The maximum absolute atomic E-state index is 12.3. The molecule has 1 aliphatic heterocycles. The van der Waals surface area contributed by atoms with Crippen molar-refractivity contribution in [2.75, 3.05) is 7.11 Å². The van der Waals surface area contributed by atoms with Gasteiger partial charge in [-0.25, -0.2) is 0 Å². The number of oxime groups is 1. The Balaban J connectivity index is 1.60. The number of amides is 1. The minimum atomic E-state index is -0.526. The predicted octanol–water partition coefficient (Wildman–Crippen LogP) is 2.64. The summed E-state index contributed by atoms with van der Waals surface area (Å²) >= 11 is 0. The lowest BCUT2D eigenvalue weighted by Gasteiger charge is -2.23. The Kier molecular flexibility index (Phi) is 4.61. The molecule has 1 amide bonds. The molecule has 1 N–H and O–H groups in total. The molecule has 0 unspecified atom stereocenters. The first kappa shape index (κ1) is 14.9. The lowest BCUT2D eigenvalue weighted by atomic mass is 9.95. The molecule has 1 atom stereocenters. The van der Waals surface area contributed by atoms with Crippen LogP contribution in [0.15, 0.2) is 29.4 Å². The third kappa shape index (κ3) is 3.24. The van der Waals surface area contributed by atoms with Gasteiger partial charge in [0, 0.05) is 18.0 Å². The van der Waals surface area contributed by atoms with Gasteiger partial charge in [0.25, 0.3) is 5.91 Å². The molecule has 0 saturated heterocycles. The summed E-state index contributed by atoms with van der Waals surface area (Å²) in [6, 6.07) is 7.94. The summed E-state index contributed by atoms with van der Waals surface area (Å²) in [4.78, 5) is 17.6. The molecule has 0 spiro atoms. The van der Waals surface area contributed by atoms with Gasteiger partial charge in [-0.2, -0.15) is 0 Å². The number of rotatable bonds is 4. The first-order valence-electron chi connectivity index (χ1n) is 7.94. The average molecular weight is 302 g/mol. The van der Waals surface area contributed by atoms with E-state index < -0.39 is 6.10 Å². The van der Waals surface area contributed by atoms with E-state index in [1.807, 2.05) is 24.3 Å². The molecular formula is C17H22N2O3. The number of para-hydroxylation sites is 1. The normalized spacial score (nSPS) is 21.9. The Morgan fingerprint density at radius 3 is 2.82 bits per heavy atom. The Morgan fingerprint density at radius 1 is 1.27 bits per heavy atom. The van der Waals surface area contributed by atoms with E-state index in [1.165, 1.54) is 19.3 Å². The molecule has 0 radical (unpaired) electrons. The molecule has 1 aromatic carbocycles. The van der Waals surface area contributed by atoms with Crippen molar-refractivity contribution in [1.29, 1.82) is 0 Å². The van der Waals surface area contributed by atoms with E-state index in [2.05, 4.69) is 10.5 Å². The number of ether oxygens (including phenoxy) is 1. The van der Waals surface area contributed by atoms with Crippen LogP contribution in [0, 0.1) is 0 Å². The molecule has 1 fully saturated rings. The SMILES string of the molecule is COc1ccccc1C1=NO[C@H](C(=O)NC2CCCCC2)C1. The third-order valence-electron chi connectivity index (χ3n) is 4.33. The summed E-state index contributed by atoms with van der Waals surface area (Å²) in [5.41, 5.74) is 1.65. The van der Waals surface area contributed by atoms with Gasteiger partial charge in [0.05, 0.1) is 12.8 Å². The maximum Gasteiger partial charge on any atom is 0.264 e. The van der Waals surface area contributed by atoms with Crippen LogP contribution >= 0.6 is 0 Å². The molecule has 0 bridgehead atoms. The summed E-state index contributed by atoms with van der Waals surface area (Å²) in [6.07, 6.45) is 5.75. The maximum atomic E-state index is 12.3. The monoisotopic (exact) mass is 302 g/mol. The summed E-state index contributed by atoms with van der Waals surface area (Å²) in [7, 11) is 1.63. The van der Waals surface area contributed by atoms with E-state index in [-0.39, 0.29) is 5.91 Å². The van der Waals surface area contributed by atoms with Crippen molar-refractivity contribution in [1.82, 2.24) is 5.32 Å². The standard InChI is InChI=1S/C17H22N2O3/c1-21-15-10-6-5-9-13(15)14-11-16(22-19-14)17(20)18-12-7-3-2-4-8-12/h5-6,9-10,12,16H,2-4,7-8,11H2,1H3,(H,18,20)/t16-/m0/s1. The number of hydrogen-bond donors (Lipinski definition) is 1. The van der Waals surface area contributed by atoms with Gasteiger partial charge >= 0.3 is 0 Å². The smallest absolute Gasteiger partial charge is 0.264 e. The second kappa shape index (κ2) is 6.81. The molecule has 118 valence electrons. The molecule has 1 saturated carbocycles. The highest BCUT2D eigenvalue weighted by molar-refractivity contribution is 6.05. The van der Waals surface area contributed by atoms with Gasteiger partial charge in [0.2, 0.25) is 6.10 Å². The van der Waals surface area contributed by atoms with Crippen LogP contribution in [0.4, 0.5) is 0 Å². The lowest BCUT2D eigenvalue weighted by molar-refractivity contribution is -0.132. The van der Waals surface area contributed by atoms with E-state index >= 15 is 0 Å². The van der Waals surface area contributed by atoms with Crippen molar-refractivity contribution in [3.8, 4) is 5.75 Å². The van der Waals surface area contributed by atoms with Gasteiger partial charge in [0.15, 0.2) is 0 Å². The van der Waals surface area contributed by atoms with Gasteiger partial charge in [-0.05, 0) is 25.0 Å². The fourth-order valence-corrected chi connectivity index (χ4v) is 3.10. The minimum absolute atomic E-state index is 0.0550. The van der Waals surface area contributed by atoms with Crippen molar-refractivity contribution in [3.05, 3.63) is 29.8 Å². The van der Waals surface area contributed by atoms with Crippen LogP contribution in [-0.4, -0.2) is 30.9 Å². The van der Waals surface area contributed by atoms with Crippen molar-refractivity contribution >= 4 is 11.6 Å². The number of nitrogens with zero attached hydrogens (tertiary/aromatic N) is 1. The number of methoxy groups -OCH3 is 1. The summed E-state index contributed by atoms with van der Waals surface area (Å²) in [5.74, 6) is 0.693. The molecule has 5 heteroatoms. The molecule has 0 aromatic heterocycles. The Hall–Kier alpha value is -2.04. The van der Waals surface area contributed by atoms with E-state index in [1.54, 1.807) is 7.11 Å². The topological polar surface area (TPSA) is 59.9 Å². The fraction of sp³-hybridized carbons (Fsp3) is 0.529. The third-order valence-corrected chi connectivity index (χ3v) is 4.33. The predicted molar refractivity (Wildman–Crippen MR) is 84.0 cm³/mol. The van der Waals surface area contributed by atoms with Crippen molar-refractivity contribution in [2.24, 2.45) is 5.16 Å². The minimum Gasteiger partial charge on any atom is -0.496 e. The van der Waals surface area contributed by atoms with E-state index in [9.17, 15) is 4.79 Å². The number of carbonyl (C=O) groups excluding carboxylic acids is 1. The van der Waals surface area contributed by atoms with Crippen LogP contribution in [0.2, 0.25) is 0 Å². The van der Waals surface area contributed by atoms with Crippen molar-refractivity contribution < 1.29 is 14.4 Å². The molecule has 1 heterocycles. The molecule has 5 nitrogen and oxygen atoms in total. The molecular weight excluding hydrogens is 280 g/mol. The summed E-state index contributed by atoms with van der Waals surface area (Å²) in [6.45, 7) is 0. The van der Waals surface area contributed by atoms with E-state index in [0.717, 1.165) is 29.9 Å². The average Bonchev–Trinajstić information content (AvgIpc) is 3.05. The lowest BCUT2D eigenvalue weighted by Crippen LogP contribution is -2.42. The molecule has 2 aliphatic rings. The van der Waals surface area contributed by atoms with Crippen LogP contribution in [-0.2, 0) is 9.63 Å². The summed E-state index contributed by atoms with van der Waals surface area (Å²) < 4.78 is 5.34. The number of carbonyl (C=O) groups is 1. The van der Waals surface area contributed by atoms with E-state index in [0.29, 0.717) is 12.5 Å². The van der Waals surface area contributed by atoms with Gasteiger partial charge < -0.3 is 14.9 Å². The molecule has 22 heavy (non-hydrogen) atoms. The van der Waals surface area contributed by atoms with Crippen LogP contribution in [0.5, 0.6) is 5.75 Å². The number of hydrogen-bond acceptors (Lipinski definition) is 4. The highest BCUT2D eigenvalue weighted by Gasteiger charge is 2.31. The second-order valence-corrected chi connectivity index (χ2v) is 5.88. The van der Waals surface area contributed by atoms with Crippen LogP contribution in [0.3, 0.4) is 0 Å². The first-order valence-corrected chi connectivity index (χ1v) is 7.94. The molecule has 1 aliphatic carbocycles. The van der Waals surface area contributed by atoms with Gasteiger partial charge in [0.1, 0.15) is 5.75 Å². The molecule has 3 rings (SSSR count). The van der Waals surface area contributed by atoms with E-state index in [4.69, 9.17) is 9.57 Å².